The molecule has 2 fully saturated rings. The van der Waals surface area contributed by atoms with Crippen molar-refractivity contribution in [1.82, 2.24) is 19.8 Å². The Morgan fingerprint density at radius 2 is 1.69 bits per heavy atom. The van der Waals surface area contributed by atoms with Gasteiger partial charge in [-0.1, -0.05) is 52.4 Å². The lowest BCUT2D eigenvalue weighted by Crippen LogP contribution is -2.65. The minimum atomic E-state index is -4.09. The Bertz CT molecular complexity index is 2200. The molecule has 1 aliphatic carbocycles. The van der Waals surface area contributed by atoms with Gasteiger partial charge < -0.3 is 19.2 Å². The molecule has 52 heavy (non-hydrogen) atoms. The number of para-hydroxylation sites is 1. The van der Waals surface area contributed by atoms with Gasteiger partial charge in [0.15, 0.2) is 5.75 Å². The zero-order valence-electron chi connectivity index (χ0n) is 29.5. The van der Waals surface area contributed by atoms with Gasteiger partial charge in [0.25, 0.3) is 0 Å². The number of halogens is 1. The predicted molar refractivity (Wildman–Crippen MR) is 210 cm³/mol. The Morgan fingerprint density at radius 3 is 2.56 bits per heavy atom. The molecule has 4 aromatic rings. The first-order valence-corrected chi connectivity index (χ1v) is 21.3. The van der Waals surface area contributed by atoms with E-state index in [0.29, 0.717) is 18.0 Å². The maximum Gasteiger partial charge on any atom is 0.339 e. The number of H-pyrrole nitrogens is 1. The summed E-state index contributed by atoms with van der Waals surface area (Å²) in [6.45, 7) is 4.11. The third-order valence-corrected chi connectivity index (χ3v) is 14.3. The van der Waals surface area contributed by atoms with E-state index < -0.39 is 15.7 Å². The van der Waals surface area contributed by atoms with E-state index in [4.69, 9.17) is 9.17 Å². The molecule has 2 N–H and O–H groups in total. The van der Waals surface area contributed by atoms with Crippen molar-refractivity contribution < 1.29 is 17.7 Å². The number of nitrogens with one attached hydrogen (secondary N) is 1. The summed E-state index contributed by atoms with van der Waals surface area (Å²) in [5, 5.41) is 15.1. The van der Waals surface area contributed by atoms with Crippen molar-refractivity contribution in [3.8, 4) is 5.75 Å². The Kier molecular flexibility index (Phi) is 8.98. The molecule has 8 nitrogen and oxygen atoms in total. The van der Waals surface area contributed by atoms with Crippen LogP contribution >= 0.6 is 15.9 Å². The summed E-state index contributed by atoms with van der Waals surface area (Å²) in [6.07, 6.45) is 24.0. The summed E-state index contributed by atoms with van der Waals surface area (Å²) in [7, 11) is -4.09. The molecular weight excluding hydrogens is 736 g/mol. The average molecular weight is 784 g/mol. The van der Waals surface area contributed by atoms with E-state index in [9.17, 15) is 13.5 Å². The second-order valence-electron chi connectivity index (χ2n) is 15.7. The minimum Gasteiger partial charge on any atom is -0.384 e. The number of piperidine rings is 1. The van der Waals surface area contributed by atoms with Crippen molar-refractivity contribution in [3.63, 3.8) is 0 Å². The van der Waals surface area contributed by atoms with Crippen LogP contribution in [0.4, 0.5) is 0 Å². The molecule has 272 valence electrons. The zero-order valence-corrected chi connectivity index (χ0v) is 31.9. The van der Waals surface area contributed by atoms with E-state index in [-0.39, 0.29) is 28.0 Å². The lowest BCUT2D eigenvalue weighted by molar-refractivity contribution is -0.0894. The third-order valence-electron chi connectivity index (χ3n) is 12.6. The molecule has 0 radical (unpaired) electrons. The summed E-state index contributed by atoms with van der Waals surface area (Å²) in [4.78, 5) is 14.2. The summed E-state index contributed by atoms with van der Waals surface area (Å²) in [5.41, 5.74) is 2.25. The van der Waals surface area contributed by atoms with Crippen molar-refractivity contribution in [3.05, 3.63) is 95.3 Å². The summed E-state index contributed by atoms with van der Waals surface area (Å²) < 4.78 is 33.5. The topological polar surface area (TPSA) is 98.8 Å². The monoisotopic (exact) mass is 782 g/mol. The maximum atomic E-state index is 13.4. The normalized spacial score (nSPS) is 32.4. The third kappa shape index (κ3) is 5.89. The van der Waals surface area contributed by atoms with Crippen LogP contribution in [-0.2, 0) is 10.1 Å². The molecule has 2 aromatic carbocycles. The van der Waals surface area contributed by atoms with Gasteiger partial charge in [0.2, 0.25) is 0 Å². The number of aromatic nitrogens is 2. The van der Waals surface area contributed by atoms with Crippen LogP contribution in [0.3, 0.4) is 0 Å². The van der Waals surface area contributed by atoms with Crippen LogP contribution < -0.4 is 4.18 Å². The molecular formula is C42H47BrN4O4S. The number of hydrogen-bond acceptors (Lipinski definition) is 7. The largest absolute Gasteiger partial charge is 0.384 e. The molecule has 3 bridgehead atoms. The van der Waals surface area contributed by atoms with Crippen LogP contribution in [0.1, 0.15) is 69.9 Å². The first-order chi connectivity index (χ1) is 25.3. The standard InChI is InChI=1S/C42H47BrN4O4S/c43-29-15-17-31(18-16-29)52(49,50)51-36-14-11-13-32-33-19-22-44-38(39(33)45-37(32)36)34-27-42(48)21-8-4-1-2-5-9-23-46-25-20-35(34)41(28-46)26-30-12-7-3-6-10-24-47(30)40(41)42/h1,4,7,11-19,22,27,30,35,40,45,48H,2-3,5-6,8-10,20-21,23-26,28H2/b4-1-,12-7-/t30-,35-,40+,41-,42-/m0/s1. The maximum absolute atomic E-state index is 13.4. The fraction of sp³-hybridized carbons (Fsp3) is 0.452. The van der Waals surface area contributed by atoms with E-state index in [1.54, 1.807) is 18.2 Å². The van der Waals surface area contributed by atoms with Gasteiger partial charge in [-0.3, -0.25) is 9.88 Å². The van der Waals surface area contributed by atoms with Gasteiger partial charge in [-0.05, 0) is 138 Å². The molecule has 2 saturated heterocycles. The number of allylic oxidation sites excluding steroid dienone is 4. The van der Waals surface area contributed by atoms with Gasteiger partial charge in [0.1, 0.15) is 4.90 Å². The molecule has 6 heterocycles. The number of pyridine rings is 1. The minimum absolute atomic E-state index is 0.0178. The van der Waals surface area contributed by atoms with Crippen molar-refractivity contribution in [1.29, 1.82) is 0 Å². The molecule has 0 saturated carbocycles. The Labute approximate surface area is 314 Å². The highest BCUT2D eigenvalue weighted by Gasteiger charge is 2.65. The van der Waals surface area contributed by atoms with Gasteiger partial charge >= 0.3 is 10.1 Å². The number of rotatable bonds is 4. The van der Waals surface area contributed by atoms with Crippen LogP contribution in [0.25, 0.3) is 27.4 Å². The fourth-order valence-corrected chi connectivity index (χ4v) is 11.7. The lowest BCUT2D eigenvalue weighted by atomic mass is 9.54. The van der Waals surface area contributed by atoms with Crippen LogP contribution in [0.15, 0.2) is 94.5 Å². The van der Waals surface area contributed by atoms with E-state index in [1.807, 2.05) is 24.4 Å². The highest BCUT2D eigenvalue weighted by Crippen LogP contribution is 2.62. The SMILES string of the molecule is O=S(=O)(Oc1cccc2c1[nH]c1c(C3=C[C@@]4(O)CC/C=C\CCCCN5CC[C@@H]3[C@]3(C[C@@H]6/C=C\CCCCN6[C@H]34)C5)nccc12)c1ccc(Br)cc1. The quantitative estimate of drug-likeness (QED) is 0.159. The fourth-order valence-electron chi connectivity index (χ4n) is 10.5. The first-order valence-electron chi connectivity index (χ1n) is 19.1. The van der Waals surface area contributed by atoms with E-state index in [1.165, 1.54) is 31.4 Å². The summed E-state index contributed by atoms with van der Waals surface area (Å²) in [6, 6.07) is 14.3. The van der Waals surface area contributed by atoms with Crippen molar-refractivity contribution in [2.75, 3.05) is 26.2 Å². The van der Waals surface area contributed by atoms with E-state index in [2.05, 4.69) is 61.1 Å². The predicted octanol–water partition coefficient (Wildman–Crippen LogP) is 8.39. The van der Waals surface area contributed by atoms with Crippen molar-refractivity contribution >= 4 is 53.4 Å². The van der Waals surface area contributed by atoms with E-state index in [0.717, 1.165) is 96.7 Å². The van der Waals surface area contributed by atoms with Gasteiger partial charge in [-0.2, -0.15) is 8.42 Å². The van der Waals surface area contributed by atoms with Gasteiger partial charge in [0.05, 0.1) is 28.4 Å². The number of fused-ring (bicyclic) bond motifs is 5. The molecule has 10 heteroatoms. The second-order valence-corrected chi connectivity index (χ2v) is 18.1. The van der Waals surface area contributed by atoms with Gasteiger partial charge in [-0.15, -0.1) is 0 Å². The van der Waals surface area contributed by atoms with E-state index >= 15 is 0 Å². The number of aliphatic hydroxyl groups is 1. The Hall–Kier alpha value is -3.28. The Balaban J connectivity index is 1.20. The molecule has 2 aromatic heterocycles. The summed E-state index contributed by atoms with van der Waals surface area (Å²) >= 11 is 3.39. The summed E-state index contributed by atoms with van der Waals surface area (Å²) in [5.74, 6) is 0.458. The van der Waals surface area contributed by atoms with Crippen LogP contribution in [0, 0.1) is 11.3 Å². The van der Waals surface area contributed by atoms with Gasteiger partial charge in [-0.25, -0.2) is 0 Å². The van der Waals surface area contributed by atoms with Crippen molar-refractivity contribution in [2.24, 2.45) is 11.3 Å². The molecule has 4 aliphatic heterocycles. The number of hydrogen-bond donors (Lipinski definition) is 2. The molecule has 9 rings (SSSR count). The smallest absolute Gasteiger partial charge is 0.339 e. The highest BCUT2D eigenvalue weighted by molar-refractivity contribution is 9.10. The molecule has 1 spiro atoms. The average Bonchev–Trinajstić information content (AvgIpc) is 3.65. The number of benzene rings is 2. The van der Waals surface area contributed by atoms with Crippen molar-refractivity contribution in [2.45, 2.75) is 86.8 Å². The zero-order chi connectivity index (χ0) is 35.5. The van der Waals surface area contributed by atoms with Crippen LogP contribution in [-0.4, -0.2) is 77.2 Å². The molecule has 1 unspecified atom stereocenters. The lowest BCUT2D eigenvalue weighted by Gasteiger charge is -2.58. The highest BCUT2D eigenvalue weighted by atomic mass is 79.9. The molecule has 5 aliphatic rings. The number of nitrogens with zero attached hydrogens (tertiary/aromatic N) is 3. The molecule has 0 amide bonds. The first kappa shape index (κ1) is 34.5. The van der Waals surface area contributed by atoms with Gasteiger partial charge in [0, 0.05) is 39.4 Å². The van der Waals surface area contributed by atoms with Crippen LogP contribution in [0.2, 0.25) is 0 Å². The number of aromatic amines is 1. The molecule has 6 atom stereocenters. The van der Waals surface area contributed by atoms with Crippen LogP contribution in [0.5, 0.6) is 5.75 Å². The second kappa shape index (κ2) is 13.5. The Morgan fingerprint density at radius 1 is 0.904 bits per heavy atom.